The van der Waals surface area contributed by atoms with Gasteiger partial charge < -0.3 is 0 Å². The number of hydrogen-bond donors (Lipinski definition) is 2. The van der Waals surface area contributed by atoms with Gasteiger partial charge in [-0.2, -0.15) is 10.2 Å². The Morgan fingerprint density at radius 3 is 1.41 bits per heavy atom. The molecule has 0 unspecified atom stereocenters. The maximum atomic E-state index is 11.8. The fourth-order valence-electron chi connectivity index (χ4n) is 1.39. The van der Waals surface area contributed by atoms with E-state index in [9.17, 15) is 9.59 Å². The van der Waals surface area contributed by atoms with Gasteiger partial charge in [0.2, 0.25) is 0 Å². The van der Waals surface area contributed by atoms with E-state index >= 15 is 0 Å². The Kier molecular flexibility index (Phi) is 6.95. The summed E-state index contributed by atoms with van der Waals surface area (Å²) in [5, 5.41) is 7.68. The summed E-state index contributed by atoms with van der Waals surface area (Å²) in [5.74, 6) is -0.112. The molecule has 1 rings (SSSR count). The number of carbonyl (C=O) groups excluding carboxylic acids is 2. The molecule has 0 aromatic heterocycles. The average Bonchev–Trinajstić information content (AvgIpc) is 2.46. The van der Waals surface area contributed by atoms with Gasteiger partial charge in [0.25, 0.3) is 11.8 Å². The van der Waals surface area contributed by atoms with E-state index in [0.717, 1.165) is 0 Å². The third-order valence-electron chi connectivity index (χ3n) is 2.49. The number of rotatable bonds is 6. The molecule has 0 fully saturated rings. The Hall–Kier alpha value is -2.50. The summed E-state index contributed by atoms with van der Waals surface area (Å²) >= 11 is 0. The largest absolute Gasteiger partial charge is 0.271 e. The number of hydrogen-bond acceptors (Lipinski definition) is 4. The van der Waals surface area contributed by atoms with Gasteiger partial charge in [0.1, 0.15) is 0 Å². The molecule has 0 saturated carbocycles. The summed E-state index contributed by atoms with van der Waals surface area (Å²) in [4.78, 5) is 23.6. The molecular formula is C16H22N4O2. The molecule has 2 amide bonds. The fourth-order valence-corrected chi connectivity index (χ4v) is 1.39. The number of amides is 2. The SMILES string of the molecule is CC(C)C=NNC(=O)c1ccc(C(=O)NN=CC(C)C)cc1. The second-order valence-electron chi connectivity index (χ2n) is 5.50. The van der Waals surface area contributed by atoms with Crippen LogP contribution in [0.15, 0.2) is 34.5 Å². The van der Waals surface area contributed by atoms with Crippen LogP contribution in [0.4, 0.5) is 0 Å². The lowest BCUT2D eigenvalue weighted by molar-refractivity contribution is 0.0943. The van der Waals surface area contributed by atoms with Gasteiger partial charge in [-0.05, 0) is 36.1 Å². The highest BCUT2D eigenvalue weighted by atomic mass is 16.2. The second kappa shape index (κ2) is 8.71. The quantitative estimate of drug-likeness (QED) is 0.625. The highest BCUT2D eigenvalue weighted by Crippen LogP contribution is 2.04. The number of hydrazone groups is 2. The van der Waals surface area contributed by atoms with Crippen LogP contribution in [0.1, 0.15) is 48.4 Å². The van der Waals surface area contributed by atoms with Crippen molar-refractivity contribution >= 4 is 24.2 Å². The van der Waals surface area contributed by atoms with E-state index < -0.39 is 0 Å². The van der Waals surface area contributed by atoms with Crippen LogP contribution < -0.4 is 10.9 Å². The Labute approximate surface area is 130 Å². The number of carbonyl (C=O) groups is 2. The molecule has 6 heteroatoms. The third-order valence-corrected chi connectivity index (χ3v) is 2.49. The van der Waals surface area contributed by atoms with Crippen molar-refractivity contribution in [3.63, 3.8) is 0 Å². The Balaban J connectivity index is 2.62. The Bertz CT molecular complexity index is 509. The average molecular weight is 302 g/mol. The standard InChI is InChI=1S/C16H22N4O2/c1-11(2)9-17-19-15(21)13-5-7-14(8-6-13)16(22)20-18-10-12(3)4/h5-12H,1-4H3,(H,19,21)(H,20,22). The highest BCUT2D eigenvalue weighted by molar-refractivity contribution is 5.97. The van der Waals surface area contributed by atoms with Crippen molar-refractivity contribution in [1.29, 1.82) is 0 Å². The van der Waals surface area contributed by atoms with E-state index in [2.05, 4.69) is 21.1 Å². The highest BCUT2D eigenvalue weighted by Gasteiger charge is 2.07. The molecule has 0 spiro atoms. The van der Waals surface area contributed by atoms with Gasteiger partial charge in [-0.1, -0.05) is 27.7 Å². The predicted octanol–water partition coefficient (Wildman–Crippen LogP) is 2.43. The molecule has 0 atom stereocenters. The van der Waals surface area contributed by atoms with Gasteiger partial charge in [-0.15, -0.1) is 0 Å². The van der Waals surface area contributed by atoms with Crippen molar-refractivity contribution in [2.45, 2.75) is 27.7 Å². The van der Waals surface area contributed by atoms with E-state index in [1.807, 2.05) is 27.7 Å². The monoisotopic (exact) mass is 302 g/mol. The molecule has 0 aliphatic rings. The Morgan fingerprint density at radius 2 is 1.14 bits per heavy atom. The summed E-state index contributed by atoms with van der Waals surface area (Å²) in [6.45, 7) is 7.85. The first kappa shape index (κ1) is 17.6. The fraction of sp³-hybridized carbons (Fsp3) is 0.375. The van der Waals surface area contributed by atoms with E-state index in [0.29, 0.717) is 11.1 Å². The van der Waals surface area contributed by atoms with Crippen molar-refractivity contribution in [2.24, 2.45) is 22.0 Å². The molecular weight excluding hydrogens is 280 g/mol. The maximum absolute atomic E-state index is 11.8. The van der Waals surface area contributed by atoms with Crippen LogP contribution in [0, 0.1) is 11.8 Å². The topological polar surface area (TPSA) is 82.9 Å². The number of benzene rings is 1. The van der Waals surface area contributed by atoms with Gasteiger partial charge in [-0.3, -0.25) is 9.59 Å². The van der Waals surface area contributed by atoms with Crippen molar-refractivity contribution in [2.75, 3.05) is 0 Å². The zero-order chi connectivity index (χ0) is 16.5. The zero-order valence-corrected chi connectivity index (χ0v) is 13.3. The number of nitrogens with zero attached hydrogens (tertiary/aromatic N) is 2. The summed E-state index contributed by atoms with van der Waals surface area (Å²) < 4.78 is 0. The normalized spacial score (nSPS) is 11.5. The molecule has 0 saturated heterocycles. The van der Waals surface area contributed by atoms with Crippen LogP contribution in [0.5, 0.6) is 0 Å². The van der Waals surface area contributed by atoms with Crippen molar-refractivity contribution < 1.29 is 9.59 Å². The first-order valence-corrected chi connectivity index (χ1v) is 7.17. The van der Waals surface area contributed by atoms with Gasteiger partial charge in [0, 0.05) is 23.6 Å². The van der Waals surface area contributed by atoms with Gasteiger partial charge >= 0.3 is 0 Å². The molecule has 1 aromatic carbocycles. The van der Waals surface area contributed by atoms with Crippen LogP contribution in [-0.2, 0) is 0 Å². The molecule has 1 aromatic rings. The molecule has 0 heterocycles. The van der Waals surface area contributed by atoms with E-state index in [-0.39, 0.29) is 23.7 Å². The van der Waals surface area contributed by atoms with E-state index in [1.165, 1.54) is 0 Å². The van der Waals surface area contributed by atoms with Crippen LogP contribution >= 0.6 is 0 Å². The molecule has 118 valence electrons. The van der Waals surface area contributed by atoms with Crippen molar-refractivity contribution in [3.8, 4) is 0 Å². The van der Waals surface area contributed by atoms with E-state index in [1.54, 1.807) is 36.7 Å². The van der Waals surface area contributed by atoms with E-state index in [4.69, 9.17) is 0 Å². The van der Waals surface area contributed by atoms with Crippen LogP contribution in [0.2, 0.25) is 0 Å². The van der Waals surface area contributed by atoms with Crippen LogP contribution in [0.25, 0.3) is 0 Å². The smallest absolute Gasteiger partial charge is 0.267 e. The first-order valence-electron chi connectivity index (χ1n) is 7.17. The molecule has 2 N–H and O–H groups in total. The lowest BCUT2D eigenvalue weighted by atomic mass is 10.1. The number of nitrogens with one attached hydrogen (secondary N) is 2. The summed E-state index contributed by atoms with van der Waals surface area (Å²) in [5.41, 5.74) is 5.73. The van der Waals surface area contributed by atoms with Gasteiger partial charge in [0.05, 0.1) is 0 Å². The second-order valence-corrected chi connectivity index (χ2v) is 5.50. The summed E-state index contributed by atoms with van der Waals surface area (Å²) in [6.07, 6.45) is 3.29. The summed E-state index contributed by atoms with van der Waals surface area (Å²) in [7, 11) is 0. The lowest BCUT2D eigenvalue weighted by Gasteiger charge is -2.03. The van der Waals surface area contributed by atoms with Crippen molar-refractivity contribution in [3.05, 3.63) is 35.4 Å². The zero-order valence-electron chi connectivity index (χ0n) is 13.3. The van der Waals surface area contributed by atoms with Crippen molar-refractivity contribution in [1.82, 2.24) is 10.9 Å². The minimum absolute atomic E-state index is 0.262. The predicted molar refractivity (Wildman–Crippen MR) is 88.0 cm³/mol. The molecule has 22 heavy (non-hydrogen) atoms. The third kappa shape index (κ3) is 6.30. The lowest BCUT2D eigenvalue weighted by Crippen LogP contribution is -2.20. The van der Waals surface area contributed by atoms with Gasteiger partial charge in [-0.25, -0.2) is 10.9 Å². The molecule has 6 nitrogen and oxygen atoms in total. The Morgan fingerprint density at radius 1 is 0.818 bits per heavy atom. The molecule has 0 aliphatic carbocycles. The molecule has 0 radical (unpaired) electrons. The summed E-state index contributed by atoms with van der Waals surface area (Å²) in [6, 6.07) is 6.28. The van der Waals surface area contributed by atoms with Gasteiger partial charge in [0.15, 0.2) is 0 Å². The minimum Gasteiger partial charge on any atom is -0.267 e. The maximum Gasteiger partial charge on any atom is 0.271 e. The first-order chi connectivity index (χ1) is 10.4. The minimum atomic E-state index is -0.318. The van der Waals surface area contributed by atoms with Crippen LogP contribution in [-0.4, -0.2) is 24.2 Å². The molecule has 0 aliphatic heterocycles. The van der Waals surface area contributed by atoms with Crippen LogP contribution in [0.3, 0.4) is 0 Å². The molecule has 0 bridgehead atoms.